The van der Waals surface area contributed by atoms with Gasteiger partial charge in [-0.3, -0.25) is 14.2 Å². The van der Waals surface area contributed by atoms with E-state index in [2.05, 4.69) is 10.1 Å². The van der Waals surface area contributed by atoms with Crippen LogP contribution < -0.4 is 20.5 Å². The second kappa shape index (κ2) is 8.78. The molecule has 1 aliphatic rings. The summed E-state index contributed by atoms with van der Waals surface area (Å²) in [6.07, 6.45) is 0.175. The fraction of sp³-hybridized carbons (Fsp3) is 0.190. The normalized spacial score (nSPS) is 11.9. The first-order valence-corrected chi connectivity index (χ1v) is 10.5. The van der Waals surface area contributed by atoms with Crippen LogP contribution in [0.3, 0.4) is 0 Å². The number of benzene rings is 2. The first-order valence-electron chi connectivity index (χ1n) is 9.30. The lowest BCUT2D eigenvalue weighted by Gasteiger charge is -2.08. The molecule has 0 atom stereocenters. The number of carbonyl (C=O) groups is 2. The number of amides is 1. The standard InChI is InChI=1S/C21H19N3O5S2/c1-27-17(25)9-12-2-5-14(6-3-12)24-19(22)18(31-21(24)30)20(26)23-10-13-4-7-15-16(8-13)29-11-28-15/h2-8H,9-11,22H2,1H3,(H,23,26). The summed E-state index contributed by atoms with van der Waals surface area (Å²) in [7, 11) is 1.35. The SMILES string of the molecule is COC(=O)Cc1ccc(-n2c(N)c(C(=O)NCc3ccc4c(c3)OCO4)sc2=S)cc1. The molecule has 0 unspecified atom stereocenters. The summed E-state index contributed by atoms with van der Waals surface area (Å²) in [5.41, 5.74) is 8.64. The third-order valence-electron chi connectivity index (χ3n) is 4.71. The van der Waals surface area contributed by atoms with Crippen LogP contribution >= 0.6 is 23.6 Å². The molecule has 3 aromatic rings. The molecule has 160 valence electrons. The van der Waals surface area contributed by atoms with Crippen LogP contribution in [0.1, 0.15) is 20.8 Å². The van der Waals surface area contributed by atoms with E-state index in [-0.39, 0.29) is 30.9 Å². The number of nitrogens with one attached hydrogen (secondary N) is 1. The number of anilines is 1. The molecule has 1 aliphatic heterocycles. The van der Waals surface area contributed by atoms with Crippen molar-refractivity contribution < 1.29 is 23.8 Å². The number of nitrogens with two attached hydrogens (primary N) is 1. The smallest absolute Gasteiger partial charge is 0.309 e. The minimum Gasteiger partial charge on any atom is -0.469 e. The van der Waals surface area contributed by atoms with Gasteiger partial charge >= 0.3 is 5.97 Å². The van der Waals surface area contributed by atoms with E-state index >= 15 is 0 Å². The van der Waals surface area contributed by atoms with Crippen LogP contribution in [-0.4, -0.2) is 30.3 Å². The van der Waals surface area contributed by atoms with E-state index in [9.17, 15) is 9.59 Å². The molecule has 0 bridgehead atoms. The van der Waals surface area contributed by atoms with Crippen LogP contribution in [0.5, 0.6) is 11.5 Å². The number of fused-ring (bicyclic) bond motifs is 1. The topological polar surface area (TPSA) is 105 Å². The van der Waals surface area contributed by atoms with Crippen molar-refractivity contribution in [2.45, 2.75) is 13.0 Å². The lowest BCUT2D eigenvalue weighted by molar-refractivity contribution is -0.139. The number of thiazole rings is 1. The molecule has 0 spiro atoms. The monoisotopic (exact) mass is 457 g/mol. The van der Waals surface area contributed by atoms with Gasteiger partial charge in [-0.05, 0) is 47.6 Å². The van der Waals surface area contributed by atoms with Crippen molar-refractivity contribution in [2.24, 2.45) is 0 Å². The zero-order valence-corrected chi connectivity index (χ0v) is 18.2. The van der Waals surface area contributed by atoms with Gasteiger partial charge in [-0.25, -0.2) is 0 Å². The van der Waals surface area contributed by atoms with Gasteiger partial charge in [0.2, 0.25) is 6.79 Å². The number of aromatic nitrogens is 1. The van der Waals surface area contributed by atoms with Crippen LogP contribution in [0.25, 0.3) is 5.69 Å². The number of nitrogen functional groups attached to an aromatic ring is 1. The Hall–Kier alpha value is -3.37. The second-order valence-corrected chi connectivity index (χ2v) is 8.35. The fourth-order valence-electron chi connectivity index (χ4n) is 3.11. The maximum absolute atomic E-state index is 12.7. The summed E-state index contributed by atoms with van der Waals surface area (Å²) in [5.74, 6) is 0.975. The molecule has 0 saturated carbocycles. The predicted molar refractivity (Wildman–Crippen MR) is 118 cm³/mol. The highest BCUT2D eigenvalue weighted by Gasteiger charge is 2.19. The van der Waals surface area contributed by atoms with E-state index in [1.54, 1.807) is 28.8 Å². The maximum Gasteiger partial charge on any atom is 0.309 e. The van der Waals surface area contributed by atoms with E-state index < -0.39 is 0 Å². The molecular weight excluding hydrogens is 438 g/mol. The summed E-state index contributed by atoms with van der Waals surface area (Å²) in [4.78, 5) is 24.5. The lowest BCUT2D eigenvalue weighted by Crippen LogP contribution is -2.23. The Balaban J connectivity index is 1.49. The summed E-state index contributed by atoms with van der Waals surface area (Å²) < 4.78 is 17.4. The molecule has 0 radical (unpaired) electrons. The molecule has 0 fully saturated rings. The first-order chi connectivity index (χ1) is 15.0. The number of ether oxygens (including phenoxy) is 3. The van der Waals surface area contributed by atoms with Crippen LogP contribution in [0.15, 0.2) is 42.5 Å². The van der Waals surface area contributed by atoms with Gasteiger partial charge in [-0.2, -0.15) is 0 Å². The number of carbonyl (C=O) groups excluding carboxylic acids is 2. The summed E-state index contributed by atoms with van der Waals surface area (Å²) >= 11 is 6.57. The molecule has 10 heteroatoms. The van der Waals surface area contributed by atoms with Crippen LogP contribution in [0, 0.1) is 3.95 Å². The van der Waals surface area contributed by atoms with Gasteiger partial charge < -0.3 is 25.3 Å². The van der Waals surface area contributed by atoms with E-state index in [1.165, 1.54) is 7.11 Å². The van der Waals surface area contributed by atoms with Gasteiger partial charge in [0.15, 0.2) is 15.5 Å². The van der Waals surface area contributed by atoms with Crippen LogP contribution in [0.4, 0.5) is 5.82 Å². The van der Waals surface area contributed by atoms with E-state index in [1.807, 2.05) is 18.2 Å². The van der Waals surface area contributed by atoms with Crippen LogP contribution in [-0.2, 0) is 22.5 Å². The molecule has 4 rings (SSSR count). The van der Waals surface area contributed by atoms with Crippen molar-refractivity contribution in [3.05, 3.63) is 62.4 Å². The molecule has 0 saturated heterocycles. The zero-order valence-electron chi connectivity index (χ0n) is 16.5. The third kappa shape index (κ3) is 4.39. The molecule has 2 aromatic carbocycles. The molecular formula is C21H19N3O5S2. The molecule has 2 heterocycles. The van der Waals surface area contributed by atoms with Gasteiger partial charge in [0, 0.05) is 12.2 Å². The molecule has 31 heavy (non-hydrogen) atoms. The minimum absolute atomic E-state index is 0.175. The van der Waals surface area contributed by atoms with Crippen molar-refractivity contribution in [3.8, 4) is 17.2 Å². The average Bonchev–Trinajstić information content (AvgIpc) is 3.36. The first kappa shape index (κ1) is 20.9. The van der Waals surface area contributed by atoms with Gasteiger partial charge in [0.05, 0.1) is 13.5 Å². The van der Waals surface area contributed by atoms with Crippen molar-refractivity contribution in [1.82, 2.24) is 9.88 Å². The number of rotatable bonds is 6. The summed E-state index contributed by atoms with van der Waals surface area (Å²) in [6, 6.07) is 12.7. The highest BCUT2D eigenvalue weighted by atomic mass is 32.1. The second-order valence-electron chi connectivity index (χ2n) is 6.71. The van der Waals surface area contributed by atoms with Gasteiger partial charge in [-0.15, -0.1) is 0 Å². The fourth-order valence-corrected chi connectivity index (χ4v) is 4.39. The van der Waals surface area contributed by atoms with Crippen LogP contribution in [0.2, 0.25) is 0 Å². The molecule has 0 aliphatic carbocycles. The Labute approximate surface area is 187 Å². The summed E-state index contributed by atoms with van der Waals surface area (Å²) in [5, 5.41) is 2.86. The van der Waals surface area contributed by atoms with E-state index in [0.717, 1.165) is 22.5 Å². The van der Waals surface area contributed by atoms with Gasteiger partial charge in [0.25, 0.3) is 5.91 Å². The molecule has 1 aromatic heterocycles. The Morgan fingerprint density at radius 3 is 2.61 bits per heavy atom. The van der Waals surface area contributed by atoms with Gasteiger partial charge in [0.1, 0.15) is 10.7 Å². The van der Waals surface area contributed by atoms with Crippen molar-refractivity contribution in [2.75, 3.05) is 19.6 Å². The largest absolute Gasteiger partial charge is 0.469 e. The number of esters is 1. The number of nitrogens with zero attached hydrogens (tertiary/aromatic N) is 1. The Morgan fingerprint density at radius 2 is 1.87 bits per heavy atom. The van der Waals surface area contributed by atoms with E-state index in [0.29, 0.717) is 32.6 Å². The Bertz CT molecular complexity index is 1200. The van der Waals surface area contributed by atoms with Crippen molar-refractivity contribution in [1.29, 1.82) is 0 Å². The highest BCUT2D eigenvalue weighted by molar-refractivity contribution is 7.73. The van der Waals surface area contributed by atoms with Crippen molar-refractivity contribution in [3.63, 3.8) is 0 Å². The van der Waals surface area contributed by atoms with Gasteiger partial charge in [-0.1, -0.05) is 29.5 Å². The molecule has 8 nitrogen and oxygen atoms in total. The van der Waals surface area contributed by atoms with Crippen molar-refractivity contribution >= 4 is 41.2 Å². The number of hydrogen-bond acceptors (Lipinski definition) is 8. The number of hydrogen-bond donors (Lipinski definition) is 2. The Kier molecular flexibility index (Phi) is 5.92. The quantitative estimate of drug-likeness (QED) is 0.433. The van der Waals surface area contributed by atoms with E-state index in [4.69, 9.17) is 27.4 Å². The maximum atomic E-state index is 12.7. The lowest BCUT2D eigenvalue weighted by atomic mass is 10.1. The predicted octanol–water partition coefficient (Wildman–Crippen LogP) is 3.22. The molecule has 1 amide bonds. The highest BCUT2D eigenvalue weighted by Crippen LogP contribution is 2.32. The number of methoxy groups -OCH3 is 1. The Morgan fingerprint density at radius 1 is 1.16 bits per heavy atom. The minimum atomic E-state index is -0.319. The summed E-state index contributed by atoms with van der Waals surface area (Å²) in [6.45, 7) is 0.504. The third-order valence-corrected chi connectivity index (χ3v) is 6.10. The average molecular weight is 458 g/mol. The zero-order chi connectivity index (χ0) is 22.0. The molecule has 3 N–H and O–H groups in total.